The van der Waals surface area contributed by atoms with Crippen molar-refractivity contribution in [1.82, 2.24) is 0 Å². The van der Waals surface area contributed by atoms with Gasteiger partial charge in [-0.15, -0.1) is 0 Å². The number of rotatable bonds is 2. The second-order valence-electron chi connectivity index (χ2n) is 3.88. The highest BCUT2D eigenvalue weighted by atomic mass is 14.2. The Kier molecular flexibility index (Phi) is 4.65. The first kappa shape index (κ1) is 11.2. The molecule has 68 valence electrons. The molecule has 0 aromatic carbocycles. The molecule has 0 N–H and O–H groups in total. The van der Waals surface area contributed by atoms with E-state index in [0.717, 1.165) is 0 Å². The van der Waals surface area contributed by atoms with Gasteiger partial charge in [0.25, 0.3) is 0 Å². The highest BCUT2D eigenvalue weighted by molar-refractivity contribution is 5.26. The van der Waals surface area contributed by atoms with E-state index >= 15 is 0 Å². The molecule has 0 amide bonds. The van der Waals surface area contributed by atoms with Crippen LogP contribution in [0.4, 0.5) is 0 Å². The number of hydrogen-bond donors (Lipinski definition) is 0. The van der Waals surface area contributed by atoms with Crippen LogP contribution in [0.25, 0.3) is 0 Å². The van der Waals surface area contributed by atoms with E-state index in [1.54, 1.807) is 0 Å². The molecule has 0 saturated heterocycles. The largest absolute Gasteiger partial charge is 0.0877 e. The van der Waals surface area contributed by atoms with E-state index in [0.29, 0.717) is 0 Å². The van der Waals surface area contributed by atoms with E-state index in [9.17, 15) is 0 Å². The summed E-state index contributed by atoms with van der Waals surface area (Å²) in [7, 11) is 0. The zero-order valence-electron chi connectivity index (χ0n) is 8.89. The number of hydrogen-bond acceptors (Lipinski definition) is 0. The molecular weight excluding hydrogens is 144 g/mol. The molecule has 0 bridgehead atoms. The predicted molar refractivity (Wildman–Crippen MR) is 57.2 cm³/mol. The maximum absolute atomic E-state index is 2.22. The third-order valence-electron chi connectivity index (χ3n) is 1.76. The summed E-state index contributed by atoms with van der Waals surface area (Å²) in [5.74, 6) is 0. The maximum Gasteiger partial charge on any atom is -0.0135 e. The first-order chi connectivity index (χ1) is 5.52. The molecule has 0 aromatic rings. The summed E-state index contributed by atoms with van der Waals surface area (Å²) in [6.45, 7) is 10.8. The molecule has 0 rings (SSSR count). The Morgan fingerprint density at radius 3 is 1.92 bits per heavy atom. The van der Waals surface area contributed by atoms with Crippen molar-refractivity contribution in [2.45, 2.75) is 34.6 Å². The van der Waals surface area contributed by atoms with Crippen molar-refractivity contribution in [3.8, 4) is 0 Å². The van der Waals surface area contributed by atoms with Gasteiger partial charge in [-0.25, -0.2) is 0 Å². The van der Waals surface area contributed by atoms with E-state index in [1.807, 2.05) is 13.0 Å². The third kappa shape index (κ3) is 4.17. The first-order valence-corrected chi connectivity index (χ1v) is 4.48. The first-order valence-electron chi connectivity index (χ1n) is 4.48. The minimum atomic E-state index is 0.257. The van der Waals surface area contributed by atoms with Crippen LogP contribution in [-0.4, -0.2) is 0 Å². The van der Waals surface area contributed by atoms with Crippen LogP contribution in [0.2, 0.25) is 0 Å². The van der Waals surface area contributed by atoms with Crippen molar-refractivity contribution in [1.29, 1.82) is 0 Å². The smallest absolute Gasteiger partial charge is 0.0135 e. The molecule has 0 heterocycles. The van der Waals surface area contributed by atoms with Gasteiger partial charge in [0.2, 0.25) is 0 Å². The fraction of sp³-hybridized carbons (Fsp3) is 0.500. The van der Waals surface area contributed by atoms with E-state index in [1.165, 1.54) is 5.57 Å². The van der Waals surface area contributed by atoms with Crippen LogP contribution in [0, 0.1) is 5.41 Å². The summed E-state index contributed by atoms with van der Waals surface area (Å²) < 4.78 is 0. The summed E-state index contributed by atoms with van der Waals surface area (Å²) in [6.07, 6.45) is 10.5. The molecule has 0 aliphatic heterocycles. The van der Waals surface area contributed by atoms with Crippen LogP contribution in [0.15, 0.2) is 36.0 Å². The lowest BCUT2D eigenvalue weighted by atomic mass is 9.86. The normalized spacial score (nSPS) is 14.9. The van der Waals surface area contributed by atoms with Gasteiger partial charge in [0.15, 0.2) is 0 Å². The SMILES string of the molecule is C\C=C/C=C\C(=C/C)C(C)(C)C. The number of allylic oxidation sites excluding steroid dienone is 6. The molecular formula is C12H20. The zero-order valence-corrected chi connectivity index (χ0v) is 8.89. The standard InChI is InChI=1S/C12H20/c1-6-8-9-10-11(7-2)12(3,4)5/h6-10H,1-5H3/b8-6-,10-9-,11-7+. The molecule has 0 aliphatic carbocycles. The molecule has 0 aliphatic rings. The van der Waals surface area contributed by atoms with E-state index in [2.05, 4.69) is 52.0 Å². The Morgan fingerprint density at radius 2 is 1.58 bits per heavy atom. The van der Waals surface area contributed by atoms with Gasteiger partial charge in [0.05, 0.1) is 0 Å². The minimum absolute atomic E-state index is 0.257. The van der Waals surface area contributed by atoms with Crippen LogP contribution in [0.1, 0.15) is 34.6 Å². The topological polar surface area (TPSA) is 0 Å². The summed E-state index contributed by atoms with van der Waals surface area (Å²) in [5, 5.41) is 0. The van der Waals surface area contributed by atoms with Gasteiger partial charge in [-0.2, -0.15) is 0 Å². The van der Waals surface area contributed by atoms with Gasteiger partial charge in [-0.05, 0) is 24.8 Å². The summed E-state index contributed by atoms with van der Waals surface area (Å²) in [5.41, 5.74) is 1.63. The van der Waals surface area contributed by atoms with Gasteiger partial charge >= 0.3 is 0 Å². The Bertz CT molecular complexity index is 197. The van der Waals surface area contributed by atoms with Gasteiger partial charge in [0.1, 0.15) is 0 Å². The molecule has 0 spiro atoms. The molecule has 0 heteroatoms. The summed E-state index contributed by atoms with van der Waals surface area (Å²) in [4.78, 5) is 0. The lowest BCUT2D eigenvalue weighted by Crippen LogP contribution is -2.06. The van der Waals surface area contributed by atoms with Crippen molar-refractivity contribution < 1.29 is 0 Å². The lowest BCUT2D eigenvalue weighted by molar-refractivity contribution is 0.516. The molecule has 0 nitrogen and oxygen atoms in total. The predicted octanol–water partition coefficient (Wildman–Crippen LogP) is 4.11. The zero-order chi connectivity index (χ0) is 9.61. The summed E-state index contributed by atoms with van der Waals surface area (Å²) >= 11 is 0. The molecule has 0 atom stereocenters. The van der Waals surface area contributed by atoms with Gasteiger partial charge in [-0.1, -0.05) is 51.2 Å². The molecule has 0 fully saturated rings. The van der Waals surface area contributed by atoms with Crippen LogP contribution in [0.5, 0.6) is 0 Å². The summed E-state index contributed by atoms with van der Waals surface area (Å²) in [6, 6.07) is 0. The fourth-order valence-corrected chi connectivity index (χ4v) is 1.05. The highest BCUT2D eigenvalue weighted by Crippen LogP contribution is 2.25. The van der Waals surface area contributed by atoms with Crippen molar-refractivity contribution >= 4 is 0 Å². The Hall–Kier alpha value is -0.780. The second kappa shape index (κ2) is 4.97. The average Bonchev–Trinajstić information content (AvgIpc) is 1.95. The molecule has 0 radical (unpaired) electrons. The second-order valence-corrected chi connectivity index (χ2v) is 3.88. The third-order valence-corrected chi connectivity index (χ3v) is 1.76. The Morgan fingerprint density at radius 1 is 1.00 bits per heavy atom. The Balaban J connectivity index is 4.41. The van der Waals surface area contributed by atoms with Crippen LogP contribution < -0.4 is 0 Å². The Labute approximate surface area is 76.7 Å². The van der Waals surface area contributed by atoms with Gasteiger partial charge in [-0.3, -0.25) is 0 Å². The van der Waals surface area contributed by atoms with Crippen molar-refractivity contribution in [3.05, 3.63) is 36.0 Å². The van der Waals surface area contributed by atoms with E-state index in [4.69, 9.17) is 0 Å². The lowest BCUT2D eigenvalue weighted by Gasteiger charge is -2.19. The van der Waals surface area contributed by atoms with Crippen molar-refractivity contribution in [2.75, 3.05) is 0 Å². The van der Waals surface area contributed by atoms with Crippen molar-refractivity contribution in [3.63, 3.8) is 0 Å². The molecule has 12 heavy (non-hydrogen) atoms. The highest BCUT2D eigenvalue weighted by Gasteiger charge is 2.12. The van der Waals surface area contributed by atoms with E-state index in [-0.39, 0.29) is 5.41 Å². The van der Waals surface area contributed by atoms with Crippen LogP contribution in [0.3, 0.4) is 0 Å². The van der Waals surface area contributed by atoms with E-state index < -0.39 is 0 Å². The molecule has 0 saturated carbocycles. The quantitative estimate of drug-likeness (QED) is 0.539. The van der Waals surface area contributed by atoms with Gasteiger partial charge in [0, 0.05) is 0 Å². The van der Waals surface area contributed by atoms with Crippen LogP contribution >= 0.6 is 0 Å². The van der Waals surface area contributed by atoms with Crippen LogP contribution in [-0.2, 0) is 0 Å². The minimum Gasteiger partial charge on any atom is -0.0877 e. The maximum atomic E-state index is 2.22. The fourth-order valence-electron chi connectivity index (χ4n) is 1.05. The average molecular weight is 164 g/mol. The monoisotopic (exact) mass is 164 g/mol. The molecule has 0 unspecified atom stereocenters. The van der Waals surface area contributed by atoms with Crippen molar-refractivity contribution in [2.24, 2.45) is 5.41 Å². The van der Waals surface area contributed by atoms with Gasteiger partial charge < -0.3 is 0 Å². The molecule has 0 aromatic heterocycles.